The quantitative estimate of drug-likeness (QED) is 0.898. The lowest BCUT2D eigenvalue weighted by atomic mass is 9.93. The molecule has 0 aliphatic heterocycles. The second-order valence-corrected chi connectivity index (χ2v) is 7.68. The first-order valence-electron chi connectivity index (χ1n) is 6.64. The average Bonchev–Trinajstić information content (AvgIpc) is 2.85. The van der Waals surface area contributed by atoms with Crippen molar-refractivity contribution in [1.82, 2.24) is 15.3 Å². The van der Waals surface area contributed by atoms with Crippen molar-refractivity contribution in [3.63, 3.8) is 0 Å². The molecule has 0 spiro atoms. The van der Waals surface area contributed by atoms with Crippen LogP contribution in [0, 0.1) is 0 Å². The molecule has 108 valence electrons. The third-order valence-electron chi connectivity index (χ3n) is 3.15. The Balaban J connectivity index is 2.14. The SMILES string of the molecule is CNC(Cc1nc(C(C)(C)C)cs1)c1ccc(Br)cn1. The third kappa shape index (κ3) is 3.87. The van der Waals surface area contributed by atoms with Crippen molar-refractivity contribution in [1.29, 1.82) is 0 Å². The van der Waals surface area contributed by atoms with E-state index in [0.29, 0.717) is 0 Å². The van der Waals surface area contributed by atoms with Gasteiger partial charge in [0.2, 0.25) is 0 Å². The first kappa shape index (κ1) is 15.6. The molecule has 2 aromatic heterocycles. The van der Waals surface area contributed by atoms with Crippen LogP contribution in [-0.2, 0) is 11.8 Å². The summed E-state index contributed by atoms with van der Waals surface area (Å²) < 4.78 is 1.00. The van der Waals surface area contributed by atoms with Crippen LogP contribution < -0.4 is 5.32 Å². The van der Waals surface area contributed by atoms with E-state index in [-0.39, 0.29) is 11.5 Å². The number of aromatic nitrogens is 2. The Kier molecular flexibility index (Phi) is 4.94. The predicted octanol–water partition coefficient (Wildman–Crippen LogP) is 4.10. The van der Waals surface area contributed by atoms with Crippen molar-refractivity contribution in [2.24, 2.45) is 0 Å². The van der Waals surface area contributed by atoms with Gasteiger partial charge in [0.1, 0.15) is 0 Å². The molecule has 1 unspecified atom stereocenters. The minimum absolute atomic E-state index is 0.111. The summed E-state index contributed by atoms with van der Waals surface area (Å²) in [6, 6.07) is 4.26. The molecule has 2 rings (SSSR count). The first-order chi connectivity index (χ1) is 9.40. The monoisotopic (exact) mass is 353 g/mol. The third-order valence-corrected chi connectivity index (χ3v) is 4.49. The number of nitrogens with one attached hydrogen (secondary N) is 1. The zero-order valence-corrected chi connectivity index (χ0v) is 14.7. The number of rotatable bonds is 4. The van der Waals surface area contributed by atoms with Crippen LogP contribution in [0.15, 0.2) is 28.2 Å². The molecule has 5 heteroatoms. The van der Waals surface area contributed by atoms with Crippen LogP contribution in [-0.4, -0.2) is 17.0 Å². The molecule has 0 saturated carbocycles. The highest BCUT2D eigenvalue weighted by molar-refractivity contribution is 9.10. The molecule has 0 radical (unpaired) electrons. The molecule has 0 aliphatic rings. The summed E-state index contributed by atoms with van der Waals surface area (Å²) in [6.07, 6.45) is 2.70. The van der Waals surface area contributed by atoms with Crippen molar-refractivity contribution in [2.75, 3.05) is 7.05 Å². The van der Waals surface area contributed by atoms with E-state index in [1.54, 1.807) is 11.3 Å². The van der Waals surface area contributed by atoms with E-state index in [4.69, 9.17) is 4.98 Å². The fourth-order valence-corrected chi connectivity index (χ4v) is 3.17. The van der Waals surface area contributed by atoms with Crippen LogP contribution in [0.5, 0.6) is 0 Å². The predicted molar refractivity (Wildman–Crippen MR) is 88.3 cm³/mol. The van der Waals surface area contributed by atoms with Gasteiger partial charge < -0.3 is 5.32 Å². The fourth-order valence-electron chi connectivity index (χ4n) is 1.87. The van der Waals surface area contributed by atoms with Gasteiger partial charge in [-0.3, -0.25) is 4.98 Å². The lowest BCUT2D eigenvalue weighted by molar-refractivity contribution is 0.554. The van der Waals surface area contributed by atoms with Crippen LogP contribution in [0.3, 0.4) is 0 Å². The maximum Gasteiger partial charge on any atom is 0.0948 e. The maximum atomic E-state index is 4.75. The molecule has 0 amide bonds. The normalized spacial score (nSPS) is 13.4. The maximum absolute atomic E-state index is 4.75. The largest absolute Gasteiger partial charge is 0.311 e. The minimum Gasteiger partial charge on any atom is -0.311 e. The summed E-state index contributed by atoms with van der Waals surface area (Å²) in [6.45, 7) is 6.58. The Labute approximate surface area is 133 Å². The summed E-state index contributed by atoms with van der Waals surface area (Å²) >= 11 is 5.15. The van der Waals surface area contributed by atoms with Crippen LogP contribution in [0.1, 0.15) is 43.2 Å². The summed E-state index contributed by atoms with van der Waals surface area (Å²) in [5, 5.41) is 6.64. The smallest absolute Gasteiger partial charge is 0.0948 e. The van der Waals surface area contributed by atoms with Crippen molar-refractivity contribution >= 4 is 27.3 Å². The fraction of sp³-hybridized carbons (Fsp3) is 0.467. The average molecular weight is 354 g/mol. The van der Waals surface area contributed by atoms with Gasteiger partial charge in [-0.15, -0.1) is 11.3 Å². The van der Waals surface area contributed by atoms with Gasteiger partial charge in [0.05, 0.1) is 22.4 Å². The molecule has 3 nitrogen and oxygen atoms in total. The molecule has 2 aromatic rings. The van der Waals surface area contributed by atoms with Gasteiger partial charge in [-0.2, -0.15) is 0 Å². The molecule has 0 saturated heterocycles. The highest BCUT2D eigenvalue weighted by Crippen LogP contribution is 2.26. The van der Waals surface area contributed by atoms with Crippen molar-refractivity contribution < 1.29 is 0 Å². The lowest BCUT2D eigenvalue weighted by Gasteiger charge is -2.15. The lowest BCUT2D eigenvalue weighted by Crippen LogP contribution is -2.20. The van der Waals surface area contributed by atoms with Gasteiger partial charge in [0, 0.05) is 27.9 Å². The van der Waals surface area contributed by atoms with Crippen molar-refractivity contribution in [3.8, 4) is 0 Å². The Morgan fingerprint density at radius 2 is 2.10 bits per heavy atom. The number of likely N-dealkylation sites (N-methyl/N-ethyl adjacent to an activating group) is 1. The zero-order valence-electron chi connectivity index (χ0n) is 12.3. The Hall–Kier alpha value is -0.780. The Bertz CT molecular complexity index is 557. The van der Waals surface area contributed by atoms with E-state index in [1.807, 2.05) is 25.4 Å². The highest BCUT2D eigenvalue weighted by atomic mass is 79.9. The van der Waals surface area contributed by atoms with Gasteiger partial charge in [-0.25, -0.2) is 4.98 Å². The number of halogens is 1. The number of hydrogen-bond acceptors (Lipinski definition) is 4. The van der Waals surface area contributed by atoms with E-state index in [2.05, 4.69) is 52.4 Å². The van der Waals surface area contributed by atoms with Crippen molar-refractivity contribution in [3.05, 3.63) is 44.6 Å². The van der Waals surface area contributed by atoms with Gasteiger partial charge in [-0.05, 0) is 35.1 Å². The second-order valence-electron chi connectivity index (χ2n) is 5.82. The summed E-state index contributed by atoms with van der Waals surface area (Å²) in [4.78, 5) is 9.22. The van der Waals surface area contributed by atoms with E-state index in [1.165, 1.54) is 0 Å². The molecule has 1 atom stereocenters. The minimum atomic E-state index is 0.111. The molecule has 0 aromatic carbocycles. The number of hydrogen-bond donors (Lipinski definition) is 1. The molecule has 0 bridgehead atoms. The number of nitrogens with zero attached hydrogens (tertiary/aromatic N) is 2. The summed E-state index contributed by atoms with van der Waals surface area (Å²) in [5.74, 6) is 0. The van der Waals surface area contributed by atoms with E-state index >= 15 is 0 Å². The van der Waals surface area contributed by atoms with Crippen molar-refractivity contribution in [2.45, 2.75) is 38.6 Å². The van der Waals surface area contributed by atoms with E-state index in [9.17, 15) is 0 Å². The Morgan fingerprint density at radius 3 is 2.60 bits per heavy atom. The van der Waals surface area contributed by atoms with E-state index in [0.717, 1.165) is 27.3 Å². The Morgan fingerprint density at radius 1 is 1.35 bits per heavy atom. The van der Waals surface area contributed by atoms with Gasteiger partial charge in [0.15, 0.2) is 0 Å². The molecule has 20 heavy (non-hydrogen) atoms. The number of pyridine rings is 1. The molecule has 2 heterocycles. The molecule has 0 aliphatic carbocycles. The van der Waals surface area contributed by atoms with Crippen LogP contribution in [0.4, 0.5) is 0 Å². The second kappa shape index (κ2) is 6.33. The standard InChI is InChI=1S/C15H20BrN3S/c1-15(2,3)13-9-20-14(19-13)7-12(17-4)11-6-5-10(16)8-18-11/h5-6,8-9,12,17H,7H2,1-4H3. The first-order valence-corrected chi connectivity index (χ1v) is 8.31. The molecule has 0 fully saturated rings. The molecular formula is C15H20BrN3S. The van der Waals surface area contributed by atoms with Crippen LogP contribution in [0.2, 0.25) is 0 Å². The van der Waals surface area contributed by atoms with E-state index < -0.39 is 0 Å². The summed E-state index contributed by atoms with van der Waals surface area (Å²) in [5.41, 5.74) is 2.32. The molecular weight excluding hydrogens is 334 g/mol. The van der Waals surface area contributed by atoms with Gasteiger partial charge in [-0.1, -0.05) is 20.8 Å². The van der Waals surface area contributed by atoms with Gasteiger partial charge >= 0.3 is 0 Å². The molecule has 1 N–H and O–H groups in total. The van der Waals surface area contributed by atoms with Crippen LogP contribution >= 0.6 is 27.3 Å². The highest BCUT2D eigenvalue weighted by Gasteiger charge is 2.19. The topological polar surface area (TPSA) is 37.8 Å². The number of thiazole rings is 1. The summed E-state index contributed by atoms with van der Waals surface area (Å²) in [7, 11) is 1.96. The van der Waals surface area contributed by atoms with Gasteiger partial charge in [0.25, 0.3) is 0 Å². The zero-order chi connectivity index (χ0) is 14.8. The van der Waals surface area contributed by atoms with Crippen LogP contribution in [0.25, 0.3) is 0 Å².